The van der Waals surface area contributed by atoms with Crippen molar-refractivity contribution in [3.63, 3.8) is 0 Å². The highest BCUT2D eigenvalue weighted by atomic mass is 16.5. The van der Waals surface area contributed by atoms with Gasteiger partial charge in [0.05, 0.1) is 5.70 Å². The van der Waals surface area contributed by atoms with Crippen LogP contribution in [0.2, 0.25) is 0 Å². The summed E-state index contributed by atoms with van der Waals surface area (Å²) >= 11 is 0. The molecule has 3 aliphatic rings. The van der Waals surface area contributed by atoms with Gasteiger partial charge in [0.2, 0.25) is 0 Å². The van der Waals surface area contributed by atoms with Crippen LogP contribution in [0.5, 0.6) is 0 Å². The Morgan fingerprint density at radius 2 is 2.17 bits per heavy atom. The third-order valence-corrected chi connectivity index (χ3v) is 3.31. The molecular weight excluding hydrogens is 226 g/mol. The quantitative estimate of drug-likeness (QED) is 0.650. The molecule has 2 aliphatic carbocycles. The minimum absolute atomic E-state index is 0.0584. The molecule has 2 atom stereocenters. The van der Waals surface area contributed by atoms with Crippen LogP contribution in [0.15, 0.2) is 59.3 Å². The van der Waals surface area contributed by atoms with Crippen LogP contribution in [0.4, 0.5) is 0 Å². The number of rotatable bonds is 1. The summed E-state index contributed by atoms with van der Waals surface area (Å²) in [5, 5.41) is 3.37. The summed E-state index contributed by atoms with van der Waals surface area (Å²) in [5.74, 6) is 1.15. The van der Waals surface area contributed by atoms with Crippen LogP contribution in [-0.2, 0) is 4.74 Å². The summed E-state index contributed by atoms with van der Waals surface area (Å²) in [7, 11) is 0. The second kappa shape index (κ2) is 4.29. The molecular formula is C14H17N3O. The number of nitrogens with one attached hydrogen (secondary N) is 1. The number of hydrogen-bond acceptors (Lipinski definition) is 4. The summed E-state index contributed by atoms with van der Waals surface area (Å²) in [6.07, 6.45) is 13.5. The van der Waals surface area contributed by atoms with Crippen molar-refractivity contribution < 1.29 is 4.74 Å². The van der Waals surface area contributed by atoms with E-state index >= 15 is 0 Å². The average Bonchev–Trinajstić information content (AvgIpc) is 2.65. The van der Waals surface area contributed by atoms with E-state index in [0.717, 1.165) is 35.7 Å². The van der Waals surface area contributed by atoms with Gasteiger partial charge in [0.15, 0.2) is 6.23 Å². The minimum atomic E-state index is -0.0584. The van der Waals surface area contributed by atoms with Crippen molar-refractivity contribution in [3.8, 4) is 0 Å². The maximum absolute atomic E-state index is 5.94. The van der Waals surface area contributed by atoms with Gasteiger partial charge in [0.25, 0.3) is 0 Å². The predicted octanol–water partition coefficient (Wildman–Crippen LogP) is 1.37. The molecule has 5 N–H and O–H groups in total. The van der Waals surface area contributed by atoms with E-state index in [1.54, 1.807) is 0 Å². The third kappa shape index (κ3) is 2.01. The molecule has 0 radical (unpaired) electrons. The lowest BCUT2D eigenvalue weighted by atomic mass is 9.97. The van der Waals surface area contributed by atoms with Crippen molar-refractivity contribution in [2.24, 2.45) is 17.4 Å². The van der Waals surface area contributed by atoms with Gasteiger partial charge in [-0.2, -0.15) is 0 Å². The smallest absolute Gasteiger partial charge is 0.176 e. The molecule has 1 heterocycles. The lowest BCUT2D eigenvalue weighted by molar-refractivity contribution is 0.105. The first-order valence-corrected chi connectivity index (χ1v) is 6.16. The van der Waals surface area contributed by atoms with Crippen molar-refractivity contribution in [2.75, 3.05) is 0 Å². The first-order chi connectivity index (χ1) is 8.72. The van der Waals surface area contributed by atoms with Crippen LogP contribution in [-0.4, -0.2) is 6.23 Å². The Bertz CT molecular complexity index is 511. The van der Waals surface area contributed by atoms with Gasteiger partial charge in [-0.25, -0.2) is 0 Å². The van der Waals surface area contributed by atoms with E-state index < -0.39 is 0 Å². The number of nitrogens with two attached hydrogens (primary N) is 2. The topological polar surface area (TPSA) is 73.3 Å². The number of fused-ring (bicyclic) bond motifs is 1. The Balaban J connectivity index is 1.78. The number of hydrogen-bond donors (Lipinski definition) is 3. The van der Waals surface area contributed by atoms with Crippen LogP contribution in [0, 0.1) is 5.92 Å². The van der Waals surface area contributed by atoms with Gasteiger partial charge in [0.1, 0.15) is 5.76 Å². The first kappa shape index (κ1) is 11.0. The third-order valence-electron chi connectivity index (χ3n) is 3.31. The van der Waals surface area contributed by atoms with Crippen molar-refractivity contribution >= 4 is 0 Å². The molecule has 2 unspecified atom stereocenters. The molecule has 4 heteroatoms. The Morgan fingerprint density at radius 1 is 1.28 bits per heavy atom. The highest BCUT2D eigenvalue weighted by molar-refractivity contribution is 5.38. The van der Waals surface area contributed by atoms with E-state index in [9.17, 15) is 0 Å². The minimum Gasteiger partial charge on any atom is -0.468 e. The molecule has 1 aliphatic heterocycles. The lowest BCUT2D eigenvalue weighted by Gasteiger charge is -2.22. The monoisotopic (exact) mass is 243 g/mol. The maximum atomic E-state index is 5.94. The predicted molar refractivity (Wildman–Crippen MR) is 70.6 cm³/mol. The van der Waals surface area contributed by atoms with E-state index in [0.29, 0.717) is 0 Å². The molecule has 0 aromatic rings. The normalized spacial score (nSPS) is 30.0. The number of ether oxygens (including phenoxy) is 1. The molecule has 0 saturated carbocycles. The van der Waals surface area contributed by atoms with E-state index in [1.807, 2.05) is 30.4 Å². The summed E-state index contributed by atoms with van der Waals surface area (Å²) in [6.45, 7) is 0. The summed E-state index contributed by atoms with van der Waals surface area (Å²) in [6, 6.07) is 0. The first-order valence-electron chi connectivity index (χ1n) is 6.16. The summed E-state index contributed by atoms with van der Waals surface area (Å²) in [4.78, 5) is 0. The average molecular weight is 243 g/mol. The van der Waals surface area contributed by atoms with Crippen molar-refractivity contribution in [1.29, 1.82) is 0 Å². The standard InChI is InChI=1S/C14H17N3O/c15-10-4-1-3-9(7-10)14-17-12-8-11(16)5-2-6-13(12)18-14/h1,3-6,8-9,14,17H,2,7,15-16H2. The largest absolute Gasteiger partial charge is 0.468 e. The molecule has 4 nitrogen and oxygen atoms in total. The second-order valence-corrected chi connectivity index (χ2v) is 4.74. The zero-order valence-corrected chi connectivity index (χ0v) is 10.1. The van der Waals surface area contributed by atoms with Crippen molar-refractivity contribution in [2.45, 2.75) is 19.1 Å². The van der Waals surface area contributed by atoms with Gasteiger partial charge in [-0.05, 0) is 31.1 Å². The van der Waals surface area contributed by atoms with Crippen LogP contribution >= 0.6 is 0 Å². The zero-order valence-electron chi connectivity index (χ0n) is 10.1. The van der Waals surface area contributed by atoms with Crippen LogP contribution in [0.1, 0.15) is 12.8 Å². The van der Waals surface area contributed by atoms with E-state index in [4.69, 9.17) is 16.2 Å². The molecule has 94 valence electrons. The molecule has 0 aromatic carbocycles. The van der Waals surface area contributed by atoms with Crippen LogP contribution < -0.4 is 16.8 Å². The molecule has 0 aromatic heterocycles. The van der Waals surface area contributed by atoms with Gasteiger partial charge in [0, 0.05) is 17.3 Å². The molecule has 1 fully saturated rings. The fourth-order valence-corrected chi connectivity index (χ4v) is 2.39. The van der Waals surface area contributed by atoms with Crippen molar-refractivity contribution in [3.05, 3.63) is 59.3 Å². The molecule has 0 bridgehead atoms. The van der Waals surface area contributed by atoms with Gasteiger partial charge in [-0.1, -0.05) is 18.2 Å². The van der Waals surface area contributed by atoms with Gasteiger partial charge in [-0.15, -0.1) is 0 Å². The van der Waals surface area contributed by atoms with E-state index in [1.165, 1.54) is 0 Å². The lowest BCUT2D eigenvalue weighted by Crippen LogP contribution is -2.31. The Labute approximate surface area is 106 Å². The van der Waals surface area contributed by atoms with Crippen LogP contribution in [0.25, 0.3) is 0 Å². The molecule has 18 heavy (non-hydrogen) atoms. The fraction of sp³-hybridized carbons (Fsp3) is 0.286. The SMILES string of the molecule is NC1=CCC=C2OC(C3C=CC=C(N)C3)NC2=C1. The highest BCUT2D eigenvalue weighted by Gasteiger charge is 2.31. The number of allylic oxidation sites excluding steroid dienone is 6. The van der Waals surface area contributed by atoms with Gasteiger partial charge >= 0.3 is 0 Å². The summed E-state index contributed by atoms with van der Waals surface area (Å²) < 4.78 is 5.94. The molecule has 3 rings (SSSR count). The Kier molecular flexibility index (Phi) is 2.63. The molecule has 1 saturated heterocycles. The Morgan fingerprint density at radius 3 is 3.00 bits per heavy atom. The molecule has 0 amide bonds. The fourth-order valence-electron chi connectivity index (χ4n) is 2.39. The second-order valence-electron chi connectivity index (χ2n) is 4.74. The zero-order chi connectivity index (χ0) is 12.5. The summed E-state index contributed by atoms with van der Waals surface area (Å²) in [5.41, 5.74) is 14.3. The van der Waals surface area contributed by atoms with Crippen molar-refractivity contribution in [1.82, 2.24) is 5.32 Å². The maximum Gasteiger partial charge on any atom is 0.176 e. The van der Waals surface area contributed by atoms with E-state index in [-0.39, 0.29) is 12.1 Å². The Hall–Kier alpha value is -2.10. The van der Waals surface area contributed by atoms with Gasteiger partial charge in [-0.3, -0.25) is 0 Å². The van der Waals surface area contributed by atoms with E-state index in [2.05, 4.69) is 11.4 Å². The van der Waals surface area contributed by atoms with Gasteiger partial charge < -0.3 is 21.5 Å². The highest BCUT2D eigenvalue weighted by Crippen LogP contribution is 2.30. The van der Waals surface area contributed by atoms with Crippen LogP contribution in [0.3, 0.4) is 0 Å². The molecule has 0 spiro atoms.